The summed E-state index contributed by atoms with van der Waals surface area (Å²) in [7, 11) is 0. The molecule has 58 valence electrons. The normalized spacial score (nSPS) is 17.5. The Hall–Kier alpha value is 0.246. The van der Waals surface area contributed by atoms with E-state index < -0.39 is 0 Å². The zero-order valence-electron chi connectivity index (χ0n) is 7.64. The van der Waals surface area contributed by atoms with E-state index in [9.17, 15) is 0 Å². The molecule has 0 saturated heterocycles. The molecule has 0 bridgehead atoms. The van der Waals surface area contributed by atoms with Crippen LogP contribution in [0.4, 0.5) is 0 Å². The summed E-state index contributed by atoms with van der Waals surface area (Å²) in [6, 6.07) is 0. The van der Waals surface area contributed by atoms with Gasteiger partial charge in [0.2, 0.25) is 0 Å². The number of hydrogen-bond donors (Lipinski definition) is 0. The first-order chi connectivity index (χ1) is 4.39. The summed E-state index contributed by atoms with van der Waals surface area (Å²) in [6.07, 6.45) is 13.0. The Morgan fingerprint density at radius 3 is 2.00 bits per heavy atom. The third-order valence-electron chi connectivity index (χ3n) is 1.45. The molecule has 2 aliphatic rings. The molecule has 0 radical (unpaired) electrons. The van der Waals surface area contributed by atoms with Crippen molar-refractivity contribution in [2.45, 2.75) is 26.2 Å². The van der Waals surface area contributed by atoms with Gasteiger partial charge in [0.05, 0.1) is 0 Å². The molecule has 0 aromatic heterocycles. The Balaban J connectivity index is 0. The van der Waals surface area contributed by atoms with Gasteiger partial charge in [-0.3, -0.25) is 6.08 Å². The Bertz CT molecular complexity index is 111. The predicted molar refractivity (Wildman–Crippen MR) is 52.1 cm³/mol. The van der Waals surface area contributed by atoms with Crippen LogP contribution in [-0.4, -0.2) is 23.1 Å². The molecule has 0 heterocycles. The third kappa shape index (κ3) is 10.2. The van der Waals surface area contributed by atoms with E-state index in [4.69, 9.17) is 0 Å². The molecule has 1 fully saturated rings. The maximum absolute atomic E-state index is 2.99. The van der Waals surface area contributed by atoms with Gasteiger partial charge in [-0.05, 0) is 5.92 Å². The molecule has 0 aromatic carbocycles. The Labute approximate surface area is 86.9 Å². The zero-order valence-corrected chi connectivity index (χ0v) is 9.05. The smallest absolute Gasteiger partial charge is 0.358 e. The molecule has 1 heteroatoms. The molecule has 0 nitrogen and oxygen atoms in total. The van der Waals surface area contributed by atoms with Crippen molar-refractivity contribution in [1.82, 2.24) is 0 Å². The van der Waals surface area contributed by atoms with Crippen LogP contribution in [0.5, 0.6) is 0 Å². The molecule has 2 aliphatic carbocycles. The summed E-state index contributed by atoms with van der Waals surface area (Å²) < 4.78 is 0. The molecule has 0 unspecified atom stereocenters. The Kier molecular flexibility index (Phi) is 10.5. The number of allylic oxidation sites excluding steroid dienone is 4. The van der Waals surface area contributed by atoms with Crippen molar-refractivity contribution in [2.24, 2.45) is 5.92 Å². The molecule has 0 aromatic rings. The molecular weight excluding hydrogens is 144 g/mol. The minimum Gasteiger partial charge on any atom is -0.358 e. The van der Waals surface area contributed by atoms with E-state index in [0.29, 0.717) is 0 Å². The van der Waals surface area contributed by atoms with Gasteiger partial charge >= 0.3 is 23.1 Å². The van der Waals surface area contributed by atoms with Crippen molar-refractivity contribution >= 4 is 23.1 Å². The summed E-state index contributed by atoms with van der Waals surface area (Å²) >= 11 is 0. The molecule has 2 rings (SSSR count). The van der Waals surface area contributed by atoms with Gasteiger partial charge in [-0.2, -0.15) is 6.08 Å². The van der Waals surface area contributed by atoms with Gasteiger partial charge in [0.25, 0.3) is 0 Å². The van der Waals surface area contributed by atoms with Gasteiger partial charge in [0, 0.05) is 0 Å². The van der Waals surface area contributed by atoms with E-state index in [-0.39, 0.29) is 30.5 Å². The summed E-state index contributed by atoms with van der Waals surface area (Å²) in [4.78, 5) is 0. The average molecular weight is 161 g/mol. The van der Waals surface area contributed by atoms with Crippen LogP contribution in [0.1, 0.15) is 26.2 Å². The van der Waals surface area contributed by atoms with Gasteiger partial charge in [0.1, 0.15) is 0 Å². The summed E-state index contributed by atoms with van der Waals surface area (Å²) in [5, 5.41) is 0. The molecule has 0 N–H and O–H groups in total. The summed E-state index contributed by atoms with van der Waals surface area (Å²) in [6.45, 7) is 2.28. The molecule has 0 atom stereocenters. The molecule has 0 amide bonds. The van der Waals surface area contributed by atoms with Gasteiger partial charge in [-0.15, -0.1) is 6.42 Å². The molecular formula is C10H16Mg. The van der Waals surface area contributed by atoms with Crippen LogP contribution in [-0.2, 0) is 0 Å². The fourth-order valence-electron chi connectivity index (χ4n) is 0.507. The Morgan fingerprint density at radius 1 is 1.36 bits per heavy atom. The number of hydrogen-bond acceptors (Lipinski definition) is 0. The fourth-order valence-corrected chi connectivity index (χ4v) is 0.507. The van der Waals surface area contributed by atoms with Crippen molar-refractivity contribution in [3.05, 3.63) is 31.7 Å². The SMILES string of the molecule is CC1CC1.[C-]1=CC=CC1.[CH3-].[Mg+2]. The van der Waals surface area contributed by atoms with Crippen LogP contribution in [0.2, 0.25) is 0 Å². The van der Waals surface area contributed by atoms with Gasteiger partial charge < -0.3 is 7.43 Å². The van der Waals surface area contributed by atoms with E-state index in [0.717, 1.165) is 12.3 Å². The minimum absolute atomic E-state index is 0. The molecule has 0 aliphatic heterocycles. The third-order valence-corrected chi connectivity index (χ3v) is 1.45. The van der Waals surface area contributed by atoms with Gasteiger partial charge in [0.15, 0.2) is 0 Å². The molecule has 11 heavy (non-hydrogen) atoms. The average Bonchev–Trinajstić information content (AvgIpc) is 2.52. The van der Waals surface area contributed by atoms with Crippen LogP contribution >= 0.6 is 0 Å². The van der Waals surface area contributed by atoms with Crippen LogP contribution in [0.3, 0.4) is 0 Å². The van der Waals surface area contributed by atoms with Gasteiger partial charge in [-0.25, -0.2) is 12.2 Å². The van der Waals surface area contributed by atoms with Crippen LogP contribution in [0, 0.1) is 19.4 Å². The molecule has 0 spiro atoms. The van der Waals surface area contributed by atoms with Crippen molar-refractivity contribution in [3.63, 3.8) is 0 Å². The zero-order chi connectivity index (χ0) is 6.53. The van der Waals surface area contributed by atoms with Crippen molar-refractivity contribution in [2.75, 3.05) is 0 Å². The first-order valence-electron chi connectivity index (χ1n) is 3.61. The largest absolute Gasteiger partial charge is 2.00 e. The maximum Gasteiger partial charge on any atom is 2.00 e. The summed E-state index contributed by atoms with van der Waals surface area (Å²) in [5.74, 6) is 1.08. The minimum atomic E-state index is 0. The van der Waals surface area contributed by atoms with Crippen molar-refractivity contribution in [1.29, 1.82) is 0 Å². The quantitative estimate of drug-likeness (QED) is 0.378. The van der Waals surface area contributed by atoms with E-state index in [1.165, 1.54) is 12.8 Å². The van der Waals surface area contributed by atoms with Crippen LogP contribution < -0.4 is 0 Å². The first kappa shape index (κ1) is 13.8. The van der Waals surface area contributed by atoms with E-state index in [1.807, 2.05) is 12.2 Å². The second kappa shape index (κ2) is 8.34. The predicted octanol–water partition coefficient (Wildman–Crippen LogP) is 2.79. The standard InChI is InChI=1S/C5H5.C4H8.CH3.Mg/c1-2-4-5-3-1;1-4-2-3-4;;/h1-3H,4H2;4H,2-3H2,1H3;1H3;/q-1;;-1;+2. The van der Waals surface area contributed by atoms with Crippen LogP contribution in [0.25, 0.3) is 0 Å². The number of rotatable bonds is 0. The van der Waals surface area contributed by atoms with Crippen molar-refractivity contribution in [3.8, 4) is 0 Å². The van der Waals surface area contributed by atoms with E-state index >= 15 is 0 Å². The molecule has 1 saturated carbocycles. The summed E-state index contributed by atoms with van der Waals surface area (Å²) in [5.41, 5.74) is 0. The van der Waals surface area contributed by atoms with E-state index in [1.54, 1.807) is 0 Å². The maximum atomic E-state index is 2.99. The van der Waals surface area contributed by atoms with E-state index in [2.05, 4.69) is 19.1 Å². The fraction of sp³-hybridized carbons (Fsp3) is 0.500. The second-order valence-electron chi connectivity index (χ2n) is 2.69. The first-order valence-corrected chi connectivity index (χ1v) is 3.61. The topological polar surface area (TPSA) is 0 Å². The Morgan fingerprint density at radius 2 is 1.91 bits per heavy atom. The second-order valence-corrected chi connectivity index (χ2v) is 2.69. The van der Waals surface area contributed by atoms with Crippen molar-refractivity contribution < 1.29 is 0 Å². The monoisotopic (exact) mass is 160 g/mol. The van der Waals surface area contributed by atoms with Crippen LogP contribution in [0.15, 0.2) is 18.2 Å². The van der Waals surface area contributed by atoms with Gasteiger partial charge in [-0.1, -0.05) is 19.8 Å².